The van der Waals surface area contributed by atoms with E-state index in [-0.39, 0.29) is 5.41 Å². The van der Waals surface area contributed by atoms with Crippen LogP contribution in [-0.2, 0) is 9.47 Å². The molecule has 0 fully saturated rings. The van der Waals surface area contributed by atoms with Gasteiger partial charge in [0.2, 0.25) is 6.79 Å². The molecule has 4 rings (SSSR count). The van der Waals surface area contributed by atoms with Gasteiger partial charge in [-0.1, -0.05) is 44.2 Å². The van der Waals surface area contributed by atoms with Crippen molar-refractivity contribution in [1.29, 1.82) is 0 Å². The zero-order valence-corrected chi connectivity index (χ0v) is 14.7. The summed E-state index contributed by atoms with van der Waals surface area (Å²) in [4.78, 5) is 0. The molecule has 114 valence electrons. The third-order valence-corrected chi connectivity index (χ3v) is 5.86. The van der Waals surface area contributed by atoms with E-state index in [1.165, 1.54) is 22.3 Å². The second kappa shape index (κ2) is 4.76. The molecule has 22 heavy (non-hydrogen) atoms. The zero-order valence-electron chi connectivity index (χ0n) is 13.1. The van der Waals surface area contributed by atoms with Crippen LogP contribution in [0.3, 0.4) is 0 Å². The minimum atomic E-state index is 0.0615. The van der Waals surface area contributed by atoms with Crippen LogP contribution in [0.5, 0.6) is 0 Å². The lowest BCUT2D eigenvalue weighted by molar-refractivity contribution is 0.0733. The summed E-state index contributed by atoms with van der Waals surface area (Å²) < 4.78 is 12.3. The van der Waals surface area contributed by atoms with Crippen LogP contribution in [0.4, 0.5) is 0 Å². The Morgan fingerprint density at radius 2 is 1.91 bits per heavy atom. The summed E-state index contributed by atoms with van der Waals surface area (Å²) in [6, 6.07) is 0. The summed E-state index contributed by atoms with van der Waals surface area (Å²) in [6.45, 7) is 7.22. The van der Waals surface area contributed by atoms with Gasteiger partial charge in [-0.05, 0) is 50.6 Å². The van der Waals surface area contributed by atoms with E-state index in [1.54, 1.807) is 0 Å². The summed E-state index contributed by atoms with van der Waals surface area (Å²) >= 11 is 3.72. The van der Waals surface area contributed by atoms with E-state index in [0.717, 1.165) is 22.4 Å². The molecule has 0 aromatic rings. The van der Waals surface area contributed by atoms with Gasteiger partial charge in [-0.25, -0.2) is 0 Å². The number of halogens is 1. The maximum atomic E-state index is 5.67. The monoisotopic (exact) mass is 358 g/mol. The Kier molecular flexibility index (Phi) is 3.06. The molecule has 0 atom stereocenters. The Morgan fingerprint density at radius 3 is 2.64 bits per heavy atom. The predicted molar refractivity (Wildman–Crippen MR) is 91.0 cm³/mol. The number of hydrogen-bond acceptors (Lipinski definition) is 2. The predicted octanol–water partition coefficient (Wildman–Crippen LogP) is 5.28. The van der Waals surface area contributed by atoms with Gasteiger partial charge >= 0.3 is 0 Å². The number of hydrogen-bond donors (Lipinski definition) is 0. The molecule has 0 spiro atoms. The smallest absolute Gasteiger partial charge is 0.230 e. The van der Waals surface area contributed by atoms with E-state index < -0.39 is 0 Å². The van der Waals surface area contributed by atoms with Crippen molar-refractivity contribution in [1.82, 2.24) is 0 Å². The lowest BCUT2D eigenvalue weighted by Gasteiger charge is -2.34. The molecule has 3 aliphatic carbocycles. The highest BCUT2D eigenvalue weighted by molar-refractivity contribution is 9.12. The van der Waals surface area contributed by atoms with Gasteiger partial charge in [-0.3, -0.25) is 0 Å². The van der Waals surface area contributed by atoms with Crippen LogP contribution in [0.1, 0.15) is 27.2 Å². The highest BCUT2D eigenvalue weighted by Crippen LogP contribution is 2.53. The fourth-order valence-corrected chi connectivity index (χ4v) is 4.70. The summed E-state index contributed by atoms with van der Waals surface area (Å²) in [7, 11) is 0. The lowest BCUT2D eigenvalue weighted by Crippen LogP contribution is -2.24. The summed E-state index contributed by atoms with van der Waals surface area (Å²) in [6.07, 6.45) is 12.0. The molecule has 0 amide bonds. The van der Waals surface area contributed by atoms with Crippen LogP contribution in [0, 0.1) is 11.3 Å². The largest absolute Gasteiger partial charge is 0.458 e. The third-order valence-electron chi connectivity index (χ3n) is 5.07. The maximum Gasteiger partial charge on any atom is 0.230 e. The first-order valence-electron chi connectivity index (χ1n) is 7.66. The molecule has 0 unspecified atom stereocenters. The Labute approximate surface area is 139 Å². The molecule has 2 nitrogen and oxygen atoms in total. The Hall–Kier alpha value is -1.48. The van der Waals surface area contributed by atoms with Crippen LogP contribution in [0.25, 0.3) is 0 Å². The van der Waals surface area contributed by atoms with Gasteiger partial charge < -0.3 is 9.47 Å². The molecule has 0 saturated carbocycles. The zero-order chi connectivity index (χ0) is 15.5. The Bertz CT molecular complexity index is 729. The van der Waals surface area contributed by atoms with E-state index >= 15 is 0 Å². The first-order valence-corrected chi connectivity index (χ1v) is 8.46. The number of rotatable bonds is 2. The maximum absolute atomic E-state index is 5.67. The fraction of sp³-hybridized carbons (Fsp3) is 0.368. The molecule has 0 bridgehead atoms. The lowest BCUT2D eigenvalue weighted by atomic mass is 9.70. The van der Waals surface area contributed by atoms with Crippen LogP contribution >= 0.6 is 15.9 Å². The van der Waals surface area contributed by atoms with Crippen molar-refractivity contribution in [3.8, 4) is 0 Å². The molecule has 4 aliphatic rings. The highest BCUT2D eigenvalue weighted by Gasteiger charge is 2.40. The first kappa shape index (κ1) is 14.1. The average molecular weight is 359 g/mol. The molecule has 0 aromatic carbocycles. The fourth-order valence-electron chi connectivity index (χ4n) is 4.01. The molecular formula is C19H19BrO2. The van der Waals surface area contributed by atoms with Gasteiger partial charge in [-0.2, -0.15) is 0 Å². The van der Waals surface area contributed by atoms with Crippen LogP contribution in [0.15, 0.2) is 68.7 Å². The Balaban J connectivity index is 1.85. The molecule has 1 heterocycles. The van der Waals surface area contributed by atoms with E-state index in [2.05, 4.69) is 67.1 Å². The third kappa shape index (κ3) is 1.84. The molecule has 1 aliphatic heterocycles. The summed E-state index contributed by atoms with van der Waals surface area (Å²) in [5.41, 5.74) is 5.50. The van der Waals surface area contributed by atoms with E-state index in [9.17, 15) is 0 Å². The van der Waals surface area contributed by atoms with E-state index in [0.29, 0.717) is 12.7 Å². The standard InChI is InChI=1S/C19H19BrO2/c1-11-8-14-13(9-15-18(17(14)20)22-10-21-15)16(11)19(2,3)12-6-4-5-7-12/h4-8,12H,9-10H2,1-3H3. The first-order chi connectivity index (χ1) is 10.5. The van der Waals surface area contributed by atoms with Gasteiger partial charge in [0.1, 0.15) is 5.76 Å². The summed E-state index contributed by atoms with van der Waals surface area (Å²) in [5.74, 6) is 2.27. The number of fused-ring (bicyclic) bond motifs is 1. The topological polar surface area (TPSA) is 18.5 Å². The van der Waals surface area contributed by atoms with Gasteiger partial charge in [0.25, 0.3) is 0 Å². The van der Waals surface area contributed by atoms with Crippen LogP contribution in [-0.4, -0.2) is 6.79 Å². The molecule has 0 N–H and O–H groups in total. The normalized spacial score (nSPS) is 23.9. The van der Waals surface area contributed by atoms with Gasteiger partial charge in [-0.15, -0.1) is 0 Å². The van der Waals surface area contributed by atoms with Crippen molar-refractivity contribution in [2.45, 2.75) is 27.2 Å². The SMILES string of the molecule is CC1=CC2=C(Br)C3=C(CC2=C1C(C)(C)C1C=CC=C1)OCO3. The average Bonchev–Trinajstić information content (AvgIpc) is 3.16. The molecule has 0 radical (unpaired) electrons. The summed E-state index contributed by atoms with van der Waals surface area (Å²) in [5, 5.41) is 0. The van der Waals surface area contributed by atoms with Crippen LogP contribution in [0.2, 0.25) is 0 Å². The molecular weight excluding hydrogens is 340 g/mol. The van der Waals surface area contributed by atoms with E-state index in [4.69, 9.17) is 9.47 Å². The highest BCUT2D eigenvalue weighted by atomic mass is 79.9. The number of ether oxygens (including phenoxy) is 2. The molecule has 0 saturated heterocycles. The molecule has 0 aromatic heterocycles. The quantitative estimate of drug-likeness (QED) is 0.668. The number of allylic oxidation sites excluding steroid dienone is 10. The molecule has 3 heteroatoms. The van der Waals surface area contributed by atoms with Crippen molar-refractivity contribution >= 4 is 15.9 Å². The minimum Gasteiger partial charge on any atom is -0.458 e. The van der Waals surface area contributed by atoms with Crippen molar-refractivity contribution in [2.75, 3.05) is 6.79 Å². The van der Waals surface area contributed by atoms with Gasteiger partial charge in [0.15, 0.2) is 5.76 Å². The van der Waals surface area contributed by atoms with Gasteiger partial charge in [0.05, 0.1) is 4.48 Å². The second-order valence-corrected chi connectivity index (χ2v) is 7.55. The van der Waals surface area contributed by atoms with Crippen molar-refractivity contribution < 1.29 is 9.47 Å². The van der Waals surface area contributed by atoms with Crippen LogP contribution < -0.4 is 0 Å². The van der Waals surface area contributed by atoms with Crippen molar-refractivity contribution in [2.24, 2.45) is 11.3 Å². The minimum absolute atomic E-state index is 0.0615. The van der Waals surface area contributed by atoms with Crippen molar-refractivity contribution in [3.05, 3.63) is 68.7 Å². The van der Waals surface area contributed by atoms with Gasteiger partial charge in [0, 0.05) is 12.3 Å². The second-order valence-electron chi connectivity index (χ2n) is 6.76. The van der Waals surface area contributed by atoms with E-state index in [1.807, 2.05) is 0 Å². The Morgan fingerprint density at radius 1 is 1.18 bits per heavy atom. The van der Waals surface area contributed by atoms with Crippen molar-refractivity contribution in [3.63, 3.8) is 0 Å².